The summed E-state index contributed by atoms with van der Waals surface area (Å²) in [5, 5.41) is 0. The molecule has 0 aliphatic heterocycles. The molecule has 0 bridgehead atoms. The zero-order valence-electron chi connectivity index (χ0n) is 20.1. The van der Waals surface area contributed by atoms with E-state index in [2.05, 4.69) is 19.1 Å². The predicted octanol–water partition coefficient (Wildman–Crippen LogP) is 6.66. The van der Waals surface area contributed by atoms with E-state index in [1.807, 2.05) is 48.5 Å². The van der Waals surface area contributed by atoms with Crippen LogP contribution >= 0.6 is 0 Å². The van der Waals surface area contributed by atoms with E-state index in [0.717, 1.165) is 24.8 Å². The Morgan fingerprint density at radius 1 is 0.743 bits per heavy atom. The van der Waals surface area contributed by atoms with E-state index >= 15 is 0 Å². The highest BCUT2D eigenvalue weighted by Crippen LogP contribution is 2.20. The number of carbonyl (C=O) groups is 2. The third kappa shape index (κ3) is 9.88. The van der Waals surface area contributed by atoms with Crippen LogP contribution < -0.4 is 4.74 Å². The first kappa shape index (κ1) is 25.8. The lowest BCUT2D eigenvalue weighted by Gasteiger charge is -2.12. The normalized spacial score (nSPS) is 11.7. The van der Waals surface area contributed by atoms with Crippen molar-refractivity contribution in [1.82, 2.24) is 0 Å². The predicted molar refractivity (Wildman–Crippen MR) is 137 cm³/mol. The molecule has 0 heterocycles. The molecular formula is C30H32O5. The average Bonchev–Trinajstić information content (AvgIpc) is 2.88. The molecule has 35 heavy (non-hydrogen) atoms. The average molecular weight is 473 g/mol. The van der Waals surface area contributed by atoms with Crippen LogP contribution in [-0.2, 0) is 27.1 Å². The van der Waals surface area contributed by atoms with Crippen molar-refractivity contribution < 1.29 is 23.8 Å². The molecule has 0 spiro atoms. The van der Waals surface area contributed by atoms with Crippen LogP contribution in [0.25, 0.3) is 6.08 Å². The molecule has 3 aromatic rings. The molecule has 0 aliphatic carbocycles. The van der Waals surface area contributed by atoms with Crippen molar-refractivity contribution in [3.63, 3.8) is 0 Å². The van der Waals surface area contributed by atoms with Gasteiger partial charge in [0.2, 0.25) is 0 Å². The highest BCUT2D eigenvalue weighted by Gasteiger charge is 2.11. The molecule has 182 valence electrons. The molecule has 3 rings (SSSR count). The van der Waals surface area contributed by atoms with E-state index in [-0.39, 0.29) is 0 Å². The van der Waals surface area contributed by atoms with Crippen molar-refractivity contribution in [3.05, 3.63) is 108 Å². The molecule has 0 saturated heterocycles. The first-order valence-corrected chi connectivity index (χ1v) is 12.0. The van der Waals surface area contributed by atoms with Gasteiger partial charge in [0, 0.05) is 18.1 Å². The number of aryl methyl sites for hydroxylation is 1. The van der Waals surface area contributed by atoms with E-state index in [9.17, 15) is 9.59 Å². The summed E-state index contributed by atoms with van der Waals surface area (Å²) >= 11 is 0. The molecule has 3 aromatic carbocycles. The summed E-state index contributed by atoms with van der Waals surface area (Å²) in [6.45, 7) is 2.73. The van der Waals surface area contributed by atoms with Crippen LogP contribution in [0.3, 0.4) is 0 Å². The van der Waals surface area contributed by atoms with Crippen molar-refractivity contribution in [1.29, 1.82) is 0 Å². The summed E-state index contributed by atoms with van der Waals surface area (Å²) in [5.74, 6) is 0.289. The molecule has 0 saturated carbocycles. The van der Waals surface area contributed by atoms with Gasteiger partial charge in [0.25, 0.3) is 0 Å². The van der Waals surface area contributed by atoms with Crippen LogP contribution in [0.4, 0.5) is 4.79 Å². The Bertz CT molecular complexity index is 1080. The maximum absolute atomic E-state index is 12.2. The van der Waals surface area contributed by atoms with Gasteiger partial charge in [0.05, 0.1) is 13.2 Å². The number of ether oxygens (including phenoxy) is 3. The zero-order valence-corrected chi connectivity index (χ0v) is 20.1. The van der Waals surface area contributed by atoms with Gasteiger partial charge in [-0.05, 0) is 48.4 Å². The Morgan fingerprint density at radius 2 is 1.37 bits per heavy atom. The smallest absolute Gasteiger partial charge is 0.462 e. The molecule has 0 fully saturated rings. The molecule has 1 atom stereocenters. The number of hydrogen-bond acceptors (Lipinski definition) is 5. The third-order valence-corrected chi connectivity index (χ3v) is 5.59. The Morgan fingerprint density at radius 3 is 2.09 bits per heavy atom. The lowest BCUT2D eigenvalue weighted by atomic mass is 9.99. The summed E-state index contributed by atoms with van der Waals surface area (Å²) in [6, 6.07) is 27.1. The van der Waals surface area contributed by atoms with Crippen molar-refractivity contribution in [2.45, 2.75) is 32.6 Å². The monoisotopic (exact) mass is 472 g/mol. The third-order valence-electron chi connectivity index (χ3n) is 5.59. The summed E-state index contributed by atoms with van der Waals surface area (Å²) in [4.78, 5) is 24.2. The summed E-state index contributed by atoms with van der Waals surface area (Å²) in [7, 11) is 0. The molecule has 0 N–H and O–H groups in total. The van der Waals surface area contributed by atoms with Gasteiger partial charge in [0.1, 0.15) is 5.75 Å². The molecule has 0 radical (unpaired) electrons. The summed E-state index contributed by atoms with van der Waals surface area (Å²) in [5.41, 5.74) is 3.00. The zero-order chi connectivity index (χ0) is 24.7. The topological polar surface area (TPSA) is 61.8 Å². The molecule has 5 heteroatoms. The van der Waals surface area contributed by atoms with E-state index < -0.39 is 12.1 Å². The standard InChI is InChI=1S/C30H32O5/c1-24(16-17-25-10-4-2-5-11-25)20-22-34-30(32)35-28-15-9-8-14-27(28)18-19-29(31)33-23-21-26-12-6-3-7-13-26/h2-15,18-19,24H,16-17,20-23H2,1H3. The maximum Gasteiger partial charge on any atom is 0.513 e. The highest BCUT2D eigenvalue weighted by atomic mass is 16.7. The second kappa shape index (κ2) is 14.4. The SMILES string of the molecule is CC(CCOC(=O)Oc1ccccc1C=CC(=O)OCCc1ccccc1)CCc1ccccc1. The van der Waals surface area contributed by atoms with Gasteiger partial charge < -0.3 is 14.2 Å². The fraction of sp³-hybridized carbons (Fsp3) is 0.267. The Balaban J connectivity index is 1.39. The molecule has 0 amide bonds. The molecular weight excluding hydrogens is 440 g/mol. The van der Waals surface area contributed by atoms with Crippen LogP contribution in [0.5, 0.6) is 5.75 Å². The molecule has 1 unspecified atom stereocenters. The summed E-state index contributed by atoms with van der Waals surface area (Å²) < 4.78 is 15.9. The van der Waals surface area contributed by atoms with Crippen LogP contribution in [0, 0.1) is 5.92 Å². The first-order valence-electron chi connectivity index (χ1n) is 12.0. The van der Waals surface area contributed by atoms with Gasteiger partial charge >= 0.3 is 12.1 Å². The van der Waals surface area contributed by atoms with E-state index in [1.54, 1.807) is 30.3 Å². The summed E-state index contributed by atoms with van der Waals surface area (Å²) in [6.07, 6.45) is 5.58. The van der Waals surface area contributed by atoms with Gasteiger partial charge in [-0.15, -0.1) is 0 Å². The minimum atomic E-state index is -0.758. The highest BCUT2D eigenvalue weighted by molar-refractivity contribution is 5.87. The maximum atomic E-state index is 12.2. The number of carbonyl (C=O) groups excluding carboxylic acids is 2. The second-order valence-corrected chi connectivity index (χ2v) is 8.39. The number of rotatable bonds is 12. The van der Waals surface area contributed by atoms with E-state index in [0.29, 0.717) is 36.9 Å². The van der Waals surface area contributed by atoms with Crippen LogP contribution in [0.1, 0.15) is 36.5 Å². The Hall–Kier alpha value is -3.86. The largest absolute Gasteiger partial charge is 0.513 e. The number of benzene rings is 3. The fourth-order valence-corrected chi connectivity index (χ4v) is 3.50. The fourth-order valence-electron chi connectivity index (χ4n) is 3.50. The van der Waals surface area contributed by atoms with Crippen LogP contribution in [0.15, 0.2) is 91.0 Å². The second-order valence-electron chi connectivity index (χ2n) is 8.39. The molecule has 5 nitrogen and oxygen atoms in total. The van der Waals surface area contributed by atoms with Crippen molar-refractivity contribution in [3.8, 4) is 5.75 Å². The van der Waals surface area contributed by atoms with Crippen molar-refractivity contribution in [2.75, 3.05) is 13.2 Å². The minimum absolute atomic E-state index is 0.292. The van der Waals surface area contributed by atoms with Crippen molar-refractivity contribution >= 4 is 18.2 Å². The minimum Gasteiger partial charge on any atom is -0.462 e. The van der Waals surface area contributed by atoms with E-state index in [4.69, 9.17) is 14.2 Å². The van der Waals surface area contributed by atoms with Gasteiger partial charge in [0.15, 0.2) is 0 Å². The lowest BCUT2D eigenvalue weighted by molar-refractivity contribution is -0.137. The van der Waals surface area contributed by atoms with Gasteiger partial charge in [-0.25, -0.2) is 9.59 Å². The molecule has 0 aromatic heterocycles. The number of hydrogen-bond donors (Lipinski definition) is 0. The number of para-hydroxylation sites is 1. The van der Waals surface area contributed by atoms with Gasteiger partial charge in [-0.3, -0.25) is 0 Å². The van der Waals surface area contributed by atoms with Crippen LogP contribution in [-0.4, -0.2) is 25.3 Å². The van der Waals surface area contributed by atoms with Crippen molar-refractivity contribution in [2.24, 2.45) is 5.92 Å². The quantitative estimate of drug-likeness (QED) is 0.168. The Labute approximate surface area is 207 Å². The molecule has 0 aliphatic rings. The van der Waals surface area contributed by atoms with Crippen LogP contribution in [0.2, 0.25) is 0 Å². The van der Waals surface area contributed by atoms with Gasteiger partial charge in [-0.2, -0.15) is 0 Å². The van der Waals surface area contributed by atoms with Gasteiger partial charge in [-0.1, -0.05) is 85.8 Å². The Kier molecular flexibility index (Phi) is 10.6. The first-order chi connectivity index (χ1) is 17.1. The number of esters is 1. The lowest BCUT2D eigenvalue weighted by Crippen LogP contribution is -2.14. The van der Waals surface area contributed by atoms with E-state index in [1.165, 1.54) is 11.6 Å².